The van der Waals surface area contributed by atoms with Crippen LogP contribution in [0, 0.1) is 11.8 Å². The highest BCUT2D eigenvalue weighted by Crippen LogP contribution is 2.04. The quantitative estimate of drug-likeness (QED) is 0.428. The zero-order valence-corrected chi connectivity index (χ0v) is 9.86. The van der Waals surface area contributed by atoms with Gasteiger partial charge in [0.2, 0.25) is 11.8 Å². The van der Waals surface area contributed by atoms with Crippen LogP contribution in [0.2, 0.25) is 0 Å². The SMILES string of the molecule is CC(C#CCO)OC(=O)NC1CCC(=O)NC1=O. The fourth-order valence-corrected chi connectivity index (χ4v) is 1.39. The van der Waals surface area contributed by atoms with Gasteiger partial charge in [-0.05, 0) is 13.3 Å². The maximum absolute atomic E-state index is 11.4. The molecule has 0 aliphatic carbocycles. The summed E-state index contributed by atoms with van der Waals surface area (Å²) in [6.07, 6.45) is -1.05. The van der Waals surface area contributed by atoms with Crippen LogP contribution in [0.15, 0.2) is 0 Å². The zero-order valence-electron chi connectivity index (χ0n) is 9.86. The van der Waals surface area contributed by atoms with Crippen LogP contribution in [0.1, 0.15) is 19.8 Å². The van der Waals surface area contributed by atoms with Crippen molar-refractivity contribution in [3.8, 4) is 11.8 Å². The Morgan fingerprint density at radius 3 is 3.00 bits per heavy atom. The summed E-state index contributed by atoms with van der Waals surface area (Å²) in [7, 11) is 0. The van der Waals surface area contributed by atoms with Gasteiger partial charge in [0.05, 0.1) is 0 Å². The number of alkyl carbamates (subject to hydrolysis) is 1. The minimum absolute atomic E-state index is 0.177. The van der Waals surface area contributed by atoms with Crippen molar-refractivity contribution < 1.29 is 24.2 Å². The van der Waals surface area contributed by atoms with E-state index in [0.717, 1.165) is 0 Å². The Balaban J connectivity index is 2.40. The van der Waals surface area contributed by atoms with E-state index in [-0.39, 0.29) is 25.4 Å². The lowest BCUT2D eigenvalue weighted by atomic mass is 10.1. The number of rotatable bonds is 2. The number of carbonyl (C=O) groups excluding carboxylic acids is 3. The monoisotopic (exact) mass is 254 g/mol. The topological polar surface area (TPSA) is 105 Å². The fourth-order valence-electron chi connectivity index (χ4n) is 1.39. The number of ether oxygens (including phenoxy) is 1. The molecule has 1 heterocycles. The summed E-state index contributed by atoms with van der Waals surface area (Å²) >= 11 is 0. The molecule has 2 unspecified atom stereocenters. The van der Waals surface area contributed by atoms with Gasteiger partial charge in [0.25, 0.3) is 0 Å². The van der Waals surface area contributed by atoms with Gasteiger partial charge in [0, 0.05) is 6.42 Å². The third-order valence-corrected chi connectivity index (χ3v) is 2.20. The number of piperidine rings is 1. The highest BCUT2D eigenvalue weighted by molar-refractivity contribution is 6.01. The van der Waals surface area contributed by atoms with Crippen LogP contribution < -0.4 is 10.6 Å². The number of amides is 3. The zero-order chi connectivity index (χ0) is 13.5. The van der Waals surface area contributed by atoms with Gasteiger partial charge in [0.15, 0.2) is 6.10 Å². The predicted molar refractivity (Wildman–Crippen MR) is 60.1 cm³/mol. The molecule has 0 aromatic rings. The van der Waals surface area contributed by atoms with Gasteiger partial charge in [-0.3, -0.25) is 14.9 Å². The molecule has 18 heavy (non-hydrogen) atoms. The molecule has 0 bridgehead atoms. The van der Waals surface area contributed by atoms with Crippen LogP contribution >= 0.6 is 0 Å². The van der Waals surface area contributed by atoms with Crippen LogP contribution in [0.4, 0.5) is 4.79 Å². The number of aliphatic hydroxyl groups excluding tert-OH is 1. The largest absolute Gasteiger partial charge is 0.433 e. The molecule has 98 valence electrons. The molecule has 2 atom stereocenters. The summed E-state index contributed by atoms with van der Waals surface area (Å²) in [5, 5.41) is 12.9. The summed E-state index contributed by atoms with van der Waals surface area (Å²) < 4.78 is 4.83. The Morgan fingerprint density at radius 1 is 1.67 bits per heavy atom. The van der Waals surface area contributed by atoms with Crippen molar-refractivity contribution in [2.45, 2.75) is 31.9 Å². The number of aliphatic hydroxyl groups is 1. The summed E-state index contributed by atoms with van der Waals surface area (Å²) in [4.78, 5) is 33.6. The molecular formula is C11H14N2O5. The van der Waals surface area contributed by atoms with E-state index in [1.165, 1.54) is 6.92 Å². The van der Waals surface area contributed by atoms with Crippen molar-refractivity contribution in [3.63, 3.8) is 0 Å². The van der Waals surface area contributed by atoms with Crippen LogP contribution in [-0.2, 0) is 14.3 Å². The summed E-state index contributed by atoms with van der Waals surface area (Å²) in [5.74, 6) is 3.93. The number of nitrogens with one attached hydrogen (secondary N) is 2. The van der Waals surface area contributed by atoms with E-state index >= 15 is 0 Å². The predicted octanol–water partition coefficient (Wildman–Crippen LogP) is -1.10. The first-order valence-corrected chi connectivity index (χ1v) is 5.43. The molecule has 0 saturated carbocycles. The normalized spacial score (nSPS) is 20.2. The molecule has 1 rings (SSSR count). The molecule has 1 saturated heterocycles. The van der Waals surface area contributed by atoms with Crippen molar-refractivity contribution in [1.82, 2.24) is 10.6 Å². The van der Waals surface area contributed by atoms with Crippen molar-refractivity contribution in [2.24, 2.45) is 0 Å². The molecular weight excluding hydrogens is 240 g/mol. The molecule has 3 amide bonds. The maximum Gasteiger partial charge on any atom is 0.409 e. The van der Waals surface area contributed by atoms with Crippen molar-refractivity contribution in [2.75, 3.05) is 6.61 Å². The Kier molecular flexibility index (Phi) is 5.14. The summed E-state index contributed by atoms with van der Waals surface area (Å²) in [6, 6.07) is -0.770. The van der Waals surface area contributed by atoms with E-state index in [2.05, 4.69) is 22.5 Å². The summed E-state index contributed by atoms with van der Waals surface area (Å²) in [6.45, 7) is 1.22. The van der Waals surface area contributed by atoms with Gasteiger partial charge in [-0.1, -0.05) is 11.8 Å². The van der Waals surface area contributed by atoms with Crippen LogP contribution in [0.25, 0.3) is 0 Å². The second-order valence-corrected chi connectivity index (χ2v) is 3.67. The highest BCUT2D eigenvalue weighted by Gasteiger charge is 2.28. The Hall–Kier alpha value is -2.07. The van der Waals surface area contributed by atoms with Gasteiger partial charge in [-0.2, -0.15) is 0 Å². The smallest absolute Gasteiger partial charge is 0.409 e. The van der Waals surface area contributed by atoms with Gasteiger partial charge < -0.3 is 15.2 Å². The van der Waals surface area contributed by atoms with Crippen molar-refractivity contribution in [3.05, 3.63) is 0 Å². The minimum atomic E-state index is -0.788. The van der Waals surface area contributed by atoms with Crippen molar-refractivity contribution >= 4 is 17.9 Å². The van der Waals surface area contributed by atoms with Gasteiger partial charge >= 0.3 is 6.09 Å². The van der Waals surface area contributed by atoms with E-state index in [1.54, 1.807) is 0 Å². The first kappa shape index (κ1) is 14.0. The highest BCUT2D eigenvalue weighted by atomic mass is 16.6. The van der Waals surface area contributed by atoms with Gasteiger partial charge in [0.1, 0.15) is 12.6 Å². The second kappa shape index (κ2) is 6.61. The molecule has 0 spiro atoms. The van der Waals surface area contributed by atoms with E-state index < -0.39 is 24.1 Å². The Morgan fingerprint density at radius 2 is 2.39 bits per heavy atom. The maximum atomic E-state index is 11.4. The standard InChI is InChI=1S/C11H14N2O5/c1-7(3-2-6-14)18-11(17)12-8-4-5-9(15)13-10(8)16/h7-8,14H,4-6H2,1H3,(H,12,17)(H,13,15,16). The molecule has 0 aromatic carbocycles. The van der Waals surface area contributed by atoms with E-state index in [4.69, 9.17) is 9.84 Å². The van der Waals surface area contributed by atoms with Crippen LogP contribution in [-0.4, -0.2) is 41.8 Å². The third-order valence-electron chi connectivity index (χ3n) is 2.20. The number of hydrogen-bond donors (Lipinski definition) is 3. The van der Waals surface area contributed by atoms with Gasteiger partial charge in [-0.15, -0.1) is 0 Å². The first-order valence-electron chi connectivity index (χ1n) is 5.43. The fraction of sp³-hybridized carbons (Fsp3) is 0.545. The number of carbonyl (C=O) groups is 3. The molecule has 1 fully saturated rings. The number of hydrogen-bond acceptors (Lipinski definition) is 5. The summed E-state index contributed by atoms with van der Waals surface area (Å²) in [5.41, 5.74) is 0. The van der Waals surface area contributed by atoms with Crippen LogP contribution in [0.3, 0.4) is 0 Å². The average Bonchev–Trinajstić information content (AvgIpc) is 2.30. The minimum Gasteiger partial charge on any atom is -0.433 e. The van der Waals surface area contributed by atoms with E-state index in [9.17, 15) is 14.4 Å². The molecule has 3 N–H and O–H groups in total. The Labute approximate surface area is 104 Å². The average molecular weight is 254 g/mol. The molecule has 7 nitrogen and oxygen atoms in total. The van der Waals surface area contributed by atoms with Crippen LogP contribution in [0.5, 0.6) is 0 Å². The lowest BCUT2D eigenvalue weighted by Gasteiger charge is -2.21. The Bertz CT molecular complexity index is 409. The third kappa shape index (κ3) is 4.43. The first-order chi connectivity index (χ1) is 8.52. The van der Waals surface area contributed by atoms with Crippen molar-refractivity contribution in [1.29, 1.82) is 0 Å². The molecule has 0 radical (unpaired) electrons. The molecule has 0 aromatic heterocycles. The number of imide groups is 1. The van der Waals surface area contributed by atoms with E-state index in [1.807, 2.05) is 0 Å². The molecule has 1 aliphatic heterocycles. The lowest BCUT2D eigenvalue weighted by molar-refractivity contribution is -0.134. The van der Waals surface area contributed by atoms with E-state index in [0.29, 0.717) is 0 Å². The molecule has 7 heteroatoms. The van der Waals surface area contributed by atoms with Gasteiger partial charge in [-0.25, -0.2) is 4.79 Å². The molecule has 1 aliphatic rings. The lowest BCUT2D eigenvalue weighted by Crippen LogP contribution is -2.52. The second-order valence-electron chi connectivity index (χ2n) is 3.67.